The van der Waals surface area contributed by atoms with Crippen molar-refractivity contribution in [2.45, 2.75) is 57.6 Å². The summed E-state index contributed by atoms with van der Waals surface area (Å²) in [6.45, 7) is 5.16. The number of methoxy groups -OCH3 is 1. The smallest absolute Gasteiger partial charge is 0.133 e. The van der Waals surface area contributed by atoms with Gasteiger partial charge in [-0.3, -0.25) is 0 Å². The number of fused-ring (bicyclic) bond motifs is 1. The molecule has 0 aliphatic carbocycles. The average molecular weight is 319 g/mol. The van der Waals surface area contributed by atoms with Crippen LogP contribution < -0.4 is 15.4 Å². The molecular formula is C18H29N3O2. The van der Waals surface area contributed by atoms with E-state index < -0.39 is 0 Å². The van der Waals surface area contributed by atoms with Gasteiger partial charge in [-0.25, -0.2) is 4.98 Å². The van der Waals surface area contributed by atoms with E-state index in [1.165, 1.54) is 5.56 Å². The zero-order valence-corrected chi connectivity index (χ0v) is 14.4. The highest BCUT2D eigenvalue weighted by molar-refractivity contribution is 5.55. The van der Waals surface area contributed by atoms with E-state index in [9.17, 15) is 0 Å². The van der Waals surface area contributed by atoms with E-state index in [1.54, 1.807) is 7.11 Å². The van der Waals surface area contributed by atoms with Gasteiger partial charge in [0.15, 0.2) is 0 Å². The Morgan fingerprint density at radius 3 is 3.00 bits per heavy atom. The normalized spacial score (nSPS) is 23.4. The highest BCUT2D eigenvalue weighted by Crippen LogP contribution is 2.32. The molecule has 0 spiro atoms. The van der Waals surface area contributed by atoms with Gasteiger partial charge in [0, 0.05) is 36.5 Å². The molecule has 0 aromatic carbocycles. The Bertz CT molecular complexity index is 515. The van der Waals surface area contributed by atoms with Crippen LogP contribution in [0.1, 0.15) is 43.9 Å². The summed E-state index contributed by atoms with van der Waals surface area (Å²) in [6, 6.07) is 2.60. The van der Waals surface area contributed by atoms with E-state index in [0.29, 0.717) is 12.1 Å². The molecule has 0 amide bonds. The largest absolute Gasteiger partial charge is 0.496 e. The molecule has 0 radical (unpaired) electrons. The maximum Gasteiger partial charge on any atom is 0.133 e. The summed E-state index contributed by atoms with van der Waals surface area (Å²) in [4.78, 5) is 4.81. The molecule has 5 heteroatoms. The van der Waals surface area contributed by atoms with Crippen LogP contribution in [0.3, 0.4) is 0 Å². The number of rotatable bonds is 7. The van der Waals surface area contributed by atoms with Crippen LogP contribution in [0.15, 0.2) is 6.07 Å². The Labute approximate surface area is 139 Å². The minimum absolute atomic E-state index is 0.419. The lowest BCUT2D eigenvalue weighted by Crippen LogP contribution is -2.23. The standard InChI is InChI=1S/C18H29N3O2/c1-13-6-7-16-17(22-2)11-14(21-18(16)20-13)5-3-4-10-23-15-8-9-19-12-15/h11,13,15,19H,3-10,12H2,1-2H3,(H,20,21)/t13?,15-/m1/s1. The van der Waals surface area contributed by atoms with Crippen molar-refractivity contribution in [1.29, 1.82) is 0 Å². The maximum absolute atomic E-state index is 5.87. The second-order valence-corrected chi connectivity index (χ2v) is 6.67. The molecule has 128 valence electrons. The minimum atomic E-state index is 0.419. The molecule has 1 aromatic heterocycles. The van der Waals surface area contributed by atoms with Crippen molar-refractivity contribution in [3.63, 3.8) is 0 Å². The molecule has 2 aliphatic heterocycles. The number of pyridine rings is 1. The number of ether oxygens (including phenoxy) is 2. The number of nitrogens with one attached hydrogen (secondary N) is 2. The van der Waals surface area contributed by atoms with Crippen LogP contribution in [0.5, 0.6) is 5.75 Å². The molecule has 5 nitrogen and oxygen atoms in total. The van der Waals surface area contributed by atoms with E-state index in [4.69, 9.17) is 14.5 Å². The SMILES string of the molecule is COc1cc(CCCCO[C@@H]2CCNC2)nc2c1CCC(C)N2. The van der Waals surface area contributed by atoms with Gasteiger partial charge in [0.05, 0.1) is 13.2 Å². The van der Waals surface area contributed by atoms with Crippen molar-refractivity contribution in [3.8, 4) is 5.75 Å². The lowest BCUT2D eigenvalue weighted by molar-refractivity contribution is 0.0645. The second kappa shape index (κ2) is 7.97. The highest BCUT2D eigenvalue weighted by Gasteiger charge is 2.20. The van der Waals surface area contributed by atoms with E-state index in [-0.39, 0.29) is 0 Å². The summed E-state index contributed by atoms with van der Waals surface area (Å²) in [7, 11) is 1.75. The topological polar surface area (TPSA) is 55.4 Å². The lowest BCUT2D eigenvalue weighted by Gasteiger charge is -2.25. The third-order valence-electron chi connectivity index (χ3n) is 4.76. The van der Waals surface area contributed by atoms with E-state index >= 15 is 0 Å². The fourth-order valence-electron chi connectivity index (χ4n) is 3.36. The van der Waals surface area contributed by atoms with Gasteiger partial charge in [-0.15, -0.1) is 0 Å². The fraction of sp³-hybridized carbons (Fsp3) is 0.722. The predicted octanol–water partition coefficient (Wildman–Crippen LogP) is 2.54. The summed E-state index contributed by atoms with van der Waals surface area (Å²) < 4.78 is 11.4. The predicted molar refractivity (Wildman–Crippen MR) is 92.4 cm³/mol. The molecule has 3 rings (SSSR count). The number of aromatic nitrogens is 1. The number of hydrogen-bond donors (Lipinski definition) is 2. The average Bonchev–Trinajstić information content (AvgIpc) is 3.06. The summed E-state index contributed by atoms with van der Waals surface area (Å²) in [5, 5.41) is 6.82. The molecule has 3 heterocycles. The molecule has 1 aromatic rings. The first-order chi connectivity index (χ1) is 11.3. The van der Waals surface area contributed by atoms with Gasteiger partial charge >= 0.3 is 0 Å². The third kappa shape index (κ3) is 4.36. The van der Waals surface area contributed by atoms with Crippen molar-refractivity contribution < 1.29 is 9.47 Å². The van der Waals surface area contributed by atoms with Gasteiger partial charge in [-0.05, 0) is 52.0 Å². The molecule has 2 atom stereocenters. The number of anilines is 1. The monoisotopic (exact) mass is 319 g/mol. The summed E-state index contributed by atoms with van der Waals surface area (Å²) in [5.41, 5.74) is 2.34. The maximum atomic E-state index is 5.87. The van der Waals surface area contributed by atoms with Crippen molar-refractivity contribution in [2.75, 3.05) is 32.1 Å². The summed E-state index contributed by atoms with van der Waals surface area (Å²) >= 11 is 0. The van der Waals surface area contributed by atoms with E-state index in [2.05, 4.69) is 23.6 Å². The molecular weight excluding hydrogens is 290 g/mol. The van der Waals surface area contributed by atoms with Crippen LogP contribution in [0.25, 0.3) is 0 Å². The first kappa shape index (κ1) is 16.5. The van der Waals surface area contributed by atoms with E-state index in [1.807, 2.05) is 0 Å². The van der Waals surface area contributed by atoms with Crippen LogP contribution in [-0.2, 0) is 17.6 Å². The molecule has 1 unspecified atom stereocenters. The Morgan fingerprint density at radius 2 is 2.22 bits per heavy atom. The van der Waals surface area contributed by atoms with Crippen molar-refractivity contribution in [3.05, 3.63) is 17.3 Å². The lowest BCUT2D eigenvalue weighted by atomic mass is 10.00. The molecule has 0 bridgehead atoms. The second-order valence-electron chi connectivity index (χ2n) is 6.67. The quantitative estimate of drug-likeness (QED) is 0.757. The van der Waals surface area contributed by atoms with Gasteiger partial charge in [-0.2, -0.15) is 0 Å². The van der Waals surface area contributed by atoms with Crippen molar-refractivity contribution >= 4 is 5.82 Å². The summed E-state index contributed by atoms with van der Waals surface area (Å²) in [5.74, 6) is 2.00. The fourth-order valence-corrected chi connectivity index (χ4v) is 3.36. The molecule has 1 fully saturated rings. The Balaban J connectivity index is 1.50. The molecule has 2 N–H and O–H groups in total. The van der Waals surface area contributed by atoms with Gasteiger partial charge in [0.2, 0.25) is 0 Å². The van der Waals surface area contributed by atoms with Crippen LogP contribution in [-0.4, -0.2) is 43.9 Å². The van der Waals surface area contributed by atoms with E-state index in [0.717, 1.165) is 75.5 Å². The van der Waals surface area contributed by atoms with Crippen molar-refractivity contribution in [1.82, 2.24) is 10.3 Å². The number of nitrogens with zero attached hydrogens (tertiary/aromatic N) is 1. The van der Waals surface area contributed by atoms with Crippen LogP contribution in [0.4, 0.5) is 5.82 Å². The van der Waals surface area contributed by atoms with Gasteiger partial charge in [0.25, 0.3) is 0 Å². The van der Waals surface area contributed by atoms with Crippen molar-refractivity contribution in [2.24, 2.45) is 0 Å². The summed E-state index contributed by atoms with van der Waals surface area (Å²) in [6.07, 6.45) is 6.91. The third-order valence-corrected chi connectivity index (χ3v) is 4.76. The highest BCUT2D eigenvalue weighted by atomic mass is 16.5. The molecule has 2 aliphatic rings. The number of unbranched alkanes of at least 4 members (excludes halogenated alkanes) is 1. The Hall–Kier alpha value is -1.33. The number of aryl methyl sites for hydroxylation is 1. The number of hydrogen-bond acceptors (Lipinski definition) is 5. The molecule has 1 saturated heterocycles. The Kier molecular flexibility index (Phi) is 5.73. The first-order valence-electron chi connectivity index (χ1n) is 8.92. The molecule has 23 heavy (non-hydrogen) atoms. The zero-order valence-electron chi connectivity index (χ0n) is 14.4. The zero-order chi connectivity index (χ0) is 16.1. The van der Waals surface area contributed by atoms with Crippen LogP contribution >= 0.6 is 0 Å². The Morgan fingerprint density at radius 1 is 1.30 bits per heavy atom. The van der Waals surface area contributed by atoms with Gasteiger partial charge in [0.1, 0.15) is 11.6 Å². The van der Waals surface area contributed by atoms with Crippen LogP contribution in [0.2, 0.25) is 0 Å². The minimum Gasteiger partial charge on any atom is -0.496 e. The van der Waals surface area contributed by atoms with Gasteiger partial charge < -0.3 is 20.1 Å². The molecule has 0 saturated carbocycles. The van der Waals surface area contributed by atoms with Gasteiger partial charge in [-0.1, -0.05) is 0 Å². The first-order valence-corrected chi connectivity index (χ1v) is 8.92. The van der Waals surface area contributed by atoms with Crippen LogP contribution in [0, 0.1) is 0 Å².